The zero-order valence-electron chi connectivity index (χ0n) is 9.37. The molecule has 1 rings (SSSR count). The Morgan fingerprint density at radius 2 is 1.86 bits per heavy atom. The second kappa shape index (κ2) is 4.47. The van der Waals surface area contributed by atoms with Gasteiger partial charge in [0.15, 0.2) is 0 Å². The molecule has 0 fully saturated rings. The van der Waals surface area contributed by atoms with Crippen LogP contribution in [-0.2, 0) is 0 Å². The maximum absolute atomic E-state index is 5.76. The number of hydrogen-bond acceptors (Lipinski definition) is 2. The molecule has 2 unspecified atom stereocenters. The number of ether oxygens (including phenoxy) is 1. The fourth-order valence-electron chi connectivity index (χ4n) is 1.16. The number of benzene rings is 1. The summed E-state index contributed by atoms with van der Waals surface area (Å²) in [5.41, 5.74) is 8.19. The lowest BCUT2D eigenvalue weighted by Gasteiger charge is -2.19. The minimum atomic E-state index is 0.0508. The predicted molar refractivity (Wildman–Crippen MR) is 59.7 cm³/mol. The Kier molecular flexibility index (Phi) is 3.53. The van der Waals surface area contributed by atoms with Crippen LogP contribution in [0.4, 0.5) is 0 Å². The van der Waals surface area contributed by atoms with Crippen LogP contribution in [0.3, 0.4) is 0 Å². The summed E-state index contributed by atoms with van der Waals surface area (Å²) in [6, 6.07) is 6.13. The smallest absolute Gasteiger partial charge is 0.122 e. The Morgan fingerprint density at radius 3 is 2.43 bits per heavy atom. The monoisotopic (exact) mass is 193 g/mol. The molecule has 0 aliphatic carbocycles. The van der Waals surface area contributed by atoms with E-state index in [0.29, 0.717) is 0 Å². The summed E-state index contributed by atoms with van der Waals surface area (Å²) >= 11 is 0. The molecule has 2 heteroatoms. The highest BCUT2D eigenvalue weighted by Crippen LogP contribution is 2.21. The van der Waals surface area contributed by atoms with Crippen molar-refractivity contribution < 1.29 is 4.74 Å². The van der Waals surface area contributed by atoms with Crippen molar-refractivity contribution in [3.05, 3.63) is 29.3 Å². The third-order valence-corrected chi connectivity index (χ3v) is 2.61. The Hall–Kier alpha value is -1.02. The molecule has 0 saturated heterocycles. The number of hydrogen-bond donors (Lipinski definition) is 1. The minimum Gasteiger partial charge on any atom is -0.489 e. The summed E-state index contributed by atoms with van der Waals surface area (Å²) in [5, 5.41) is 0. The van der Waals surface area contributed by atoms with Gasteiger partial charge in [-0.1, -0.05) is 12.1 Å². The van der Waals surface area contributed by atoms with Gasteiger partial charge in [0, 0.05) is 6.04 Å². The van der Waals surface area contributed by atoms with Gasteiger partial charge in [0.25, 0.3) is 0 Å². The molecule has 0 aromatic heterocycles. The molecule has 1 aromatic rings. The number of nitrogens with two attached hydrogens (primary N) is 1. The first-order valence-corrected chi connectivity index (χ1v) is 5.01. The van der Waals surface area contributed by atoms with Crippen molar-refractivity contribution in [2.45, 2.75) is 39.8 Å². The summed E-state index contributed by atoms with van der Waals surface area (Å²) in [4.78, 5) is 0. The van der Waals surface area contributed by atoms with E-state index in [9.17, 15) is 0 Å². The molecule has 2 nitrogen and oxygen atoms in total. The molecular weight excluding hydrogens is 174 g/mol. The van der Waals surface area contributed by atoms with Crippen LogP contribution >= 0.6 is 0 Å². The van der Waals surface area contributed by atoms with Crippen molar-refractivity contribution in [2.75, 3.05) is 0 Å². The zero-order chi connectivity index (χ0) is 10.7. The van der Waals surface area contributed by atoms with Gasteiger partial charge in [-0.3, -0.25) is 0 Å². The Labute approximate surface area is 86.1 Å². The molecule has 0 aliphatic rings. The number of aryl methyl sites for hydroxylation is 1. The fourth-order valence-corrected chi connectivity index (χ4v) is 1.16. The highest BCUT2D eigenvalue weighted by molar-refractivity contribution is 5.38. The lowest BCUT2D eigenvalue weighted by Crippen LogP contribution is -2.33. The van der Waals surface area contributed by atoms with Crippen molar-refractivity contribution in [2.24, 2.45) is 5.73 Å². The topological polar surface area (TPSA) is 35.2 Å². The highest BCUT2D eigenvalue weighted by atomic mass is 16.5. The summed E-state index contributed by atoms with van der Waals surface area (Å²) in [6.07, 6.45) is 0.0514. The molecule has 0 saturated carbocycles. The van der Waals surface area contributed by atoms with E-state index in [0.717, 1.165) is 5.75 Å². The van der Waals surface area contributed by atoms with E-state index >= 15 is 0 Å². The molecule has 78 valence electrons. The van der Waals surface area contributed by atoms with E-state index in [4.69, 9.17) is 10.5 Å². The van der Waals surface area contributed by atoms with E-state index < -0.39 is 0 Å². The first-order valence-electron chi connectivity index (χ1n) is 5.01. The zero-order valence-corrected chi connectivity index (χ0v) is 9.37. The van der Waals surface area contributed by atoms with Gasteiger partial charge in [0.2, 0.25) is 0 Å². The van der Waals surface area contributed by atoms with Gasteiger partial charge in [-0.2, -0.15) is 0 Å². The van der Waals surface area contributed by atoms with Gasteiger partial charge in [0.1, 0.15) is 11.9 Å². The van der Waals surface area contributed by atoms with Gasteiger partial charge in [-0.05, 0) is 44.9 Å². The standard InChI is InChI=1S/C12H19NO/c1-8-6-5-7-12(9(8)2)14-11(4)10(3)13/h5-7,10-11H,13H2,1-4H3. The lowest BCUT2D eigenvalue weighted by atomic mass is 10.1. The average molecular weight is 193 g/mol. The third-order valence-electron chi connectivity index (χ3n) is 2.61. The van der Waals surface area contributed by atoms with Crippen LogP contribution in [0.2, 0.25) is 0 Å². The molecule has 0 spiro atoms. The van der Waals surface area contributed by atoms with E-state index in [1.165, 1.54) is 11.1 Å². The van der Waals surface area contributed by atoms with Gasteiger partial charge in [-0.15, -0.1) is 0 Å². The van der Waals surface area contributed by atoms with Gasteiger partial charge < -0.3 is 10.5 Å². The maximum Gasteiger partial charge on any atom is 0.122 e. The Balaban J connectivity index is 2.82. The first kappa shape index (κ1) is 11.1. The molecular formula is C12H19NO. The quantitative estimate of drug-likeness (QED) is 0.800. The van der Waals surface area contributed by atoms with Crippen molar-refractivity contribution in [1.29, 1.82) is 0 Å². The van der Waals surface area contributed by atoms with Crippen LogP contribution < -0.4 is 10.5 Å². The number of rotatable bonds is 3. The van der Waals surface area contributed by atoms with Crippen molar-refractivity contribution in [3.8, 4) is 5.75 Å². The minimum absolute atomic E-state index is 0.0508. The molecule has 14 heavy (non-hydrogen) atoms. The predicted octanol–water partition coefficient (Wildman–Crippen LogP) is 2.42. The summed E-state index contributed by atoms with van der Waals surface area (Å²) in [5.74, 6) is 0.940. The van der Waals surface area contributed by atoms with E-state index in [-0.39, 0.29) is 12.1 Å². The van der Waals surface area contributed by atoms with Crippen LogP contribution in [0, 0.1) is 13.8 Å². The molecule has 0 aliphatic heterocycles. The molecule has 0 bridgehead atoms. The van der Waals surface area contributed by atoms with Crippen LogP contribution in [-0.4, -0.2) is 12.1 Å². The van der Waals surface area contributed by atoms with E-state index in [1.54, 1.807) is 0 Å². The van der Waals surface area contributed by atoms with E-state index in [2.05, 4.69) is 19.9 Å². The van der Waals surface area contributed by atoms with Crippen molar-refractivity contribution in [3.63, 3.8) is 0 Å². The second-order valence-corrected chi connectivity index (χ2v) is 3.88. The van der Waals surface area contributed by atoms with Gasteiger partial charge in [0.05, 0.1) is 0 Å². The first-order chi connectivity index (χ1) is 6.52. The Bertz CT molecular complexity index is 307. The van der Waals surface area contributed by atoms with Crippen molar-refractivity contribution in [1.82, 2.24) is 0 Å². The van der Waals surface area contributed by atoms with Crippen molar-refractivity contribution >= 4 is 0 Å². The molecule has 2 N–H and O–H groups in total. The summed E-state index contributed by atoms with van der Waals surface area (Å²) in [6.45, 7) is 8.10. The maximum atomic E-state index is 5.76. The molecule has 0 heterocycles. The summed E-state index contributed by atoms with van der Waals surface area (Å²) < 4.78 is 5.76. The van der Waals surface area contributed by atoms with Gasteiger partial charge >= 0.3 is 0 Å². The van der Waals surface area contributed by atoms with Crippen LogP contribution in [0.5, 0.6) is 5.75 Å². The average Bonchev–Trinajstić information content (AvgIpc) is 2.12. The SMILES string of the molecule is Cc1cccc(OC(C)C(C)N)c1C. The molecule has 0 amide bonds. The van der Waals surface area contributed by atoms with Crippen LogP contribution in [0.15, 0.2) is 18.2 Å². The van der Waals surface area contributed by atoms with Gasteiger partial charge in [-0.25, -0.2) is 0 Å². The molecule has 2 atom stereocenters. The van der Waals surface area contributed by atoms with Crippen LogP contribution in [0.25, 0.3) is 0 Å². The normalized spacial score (nSPS) is 14.9. The highest BCUT2D eigenvalue weighted by Gasteiger charge is 2.10. The summed E-state index contributed by atoms with van der Waals surface area (Å²) in [7, 11) is 0. The van der Waals surface area contributed by atoms with E-state index in [1.807, 2.05) is 26.0 Å². The third kappa shape index (κ3) is 2.48. The molecule has 1 aromatic carbocycles. The van der Waals surface area contributed by atoms with Crippen LogP contribution in [0.1, 0.15) is 25.0 Å². The largest absolute Gasteiger partial charge is 0.489 e. The second-order valence-electron chi connectivity index (χ2n) is 3.88. The Morgan fingerprint density at radius 1 is 1.21 bits per heavy atom. The molecule has 0 radical (unpaired) electrons. The lowest BCUT2D eigenvalue weighted by molar-refractivity contribution is 0.195. The fraction of sp³-hybridized carbons (Fsp3) is 0.500.